The minimum Gasteiger partial charge on any atom is -0.318 e. The second-order valence-electron chi connectivity index (χ2n) is 5.11. The van der Waals surface area contributed by atoms with Crippen molar-refractivity contribution >= 4 is 11.6 Å². The molecule has 0 bridgehead atoms. The molecule has 20 heavy (non-hydrogen) atoms. The minimum absolute atomic E-state index is 0.0110. The maximum absolute atomic E-state index is 12.1. The lowest BCUT2D eigenvalue weighted by molar-refractivity contribution is -0.126. The van der Waals surface area contributed by atoms with Crippen molar-refractivity contribution in [3.05, 3.63) is 65.7 Å². The number of amides is 1. The first-order chi connectivity index (χ1) is 9.72. The molecule has 2 atom stereocenters. The number of anilines is 1. The second-order valence-corrected chi connectivity index (χ2v) is 5.11. The Morgan fingerprint density at radius 1 is 1.05 bits per heavy atom. The van der Waals surface area contributed by atoms with Gasteiger partial charge in [-0.05, 0) is 29.7 Å². The molecule has 2 aromatic rings. The first-order valence-corrected chi connectivity index (χ1v) is 6.95. The van der Waals surface area contributed by atoms with Gasteiger partial charge in [0.05, 0.1) is 6.04 Å². The Balaban J connectivity index is 1.92. The Kier molecular flexibility index (Phi) is 3.28. The second kappa shape index (κ2) is 5.10. The van der Waals surface area contributed by atoms with Crippen molar-refractivity contribution in [2.45, 2.75) is 25.4 Å². The summed E-state index contributed by atoms with van der Waals surface area (Å²) in [6.45, 7) is 2.12. The number of benzene rings is 2. The molecule has 0 aliphatic carbocycles. The number of carbonyl (C=O) groups is 1. The van der Waals surface area contributed by atoms with Crippen LogP contribution in [0.1, 0.15) is 24.1 Å². The van der Waals surface area contributed by atoms with E-state index >= 15 is 0 Å². The maximum Gasteiger partial charge on any atom is 0.247 e. The van der Waals surface area contributed by atoms with Crippen LogP contribution >= 0.6 is 0 Å². The van der Waals surface area contributed by atoms with E-state index in [2.05, 4.69) is 19.1 Å². The predicted octanol–water partition coefficient (Wildman–Crippen LogP) is 2.66. The van der Waals surface area contributed by atoms with Crippen LogP contribution in [0.3, 0.4) is 0 Å². The van der Waals surface area contributed by atoms with Crippen molar-refractivity contribution in [3.8, 4) is 0 Å². The van der Waals surface area contributed by atoms with Crippen LogP contribution in [0.2, 0.25) is 0 Å². The van der Waals surface area contributed by atoms with Gasteiger partial charge >= 0.3 is 0 Å². The number of nitrogens with two attached hydrogens (primary N) is 1. The lowest BCUT2D eigenvalue weighted by atomic mass is 9.88. The molecule has 1 aliphatic heterocycles. The Bertz CT molecular complexity index is 607. The summed E-state index contributed by atoms with van der Waals surface area (Å²) in [5.41, 5.74) is 9.26. The van der Waals surface area contributed by atoms with E-state index in [1.807, 2.05) is 42.5 Å². The van der Waals surface area contributed by atoms with E-state index in [1.54, 1.807) is 4.90 Å². The predicted molar refractivity (Wildman–Crippen MR) is 80.5 cm³/mol. The minimum atomic E-state index is -0.441. The SMILES string of the molecule is CCc1ccc(N2C(=O)[C@H](N)[C@H]2c2ccccc2)cc1. The Morgan fingerprint density at radius 2 is 1.70 bits per heavy atom. The molecule has 3 rings (SSSR count). The topological polar surface area (TPSA) is 46.3 Å². The van der Waals surface area contributed by atoms with E-state index in [0.29, 0.717) is 0 Å². The number of hydrogen-bond donors (Lipinski definition) is 1. The largest absolute Gasteiger partial charge is 0.318 e. The standard InChI is InChI=1S/C17H18N2O/c1-2-12-8-10-14(11-9-12)19-16(15(18)17(19)20)13-6-4-3-5-7-13/h3-11,15-16H,2,18H2,1H3/t15-,16-/m1/s1. The Hall–Kier alpha value is -2.13. The van der Waals surface area contributed by atoms with Crippen molar-refractivity contribution in [2.24, 2.45) is 5.73 Å². The van der Waals surface area contributed by atoms with Gasteiger partial charge in [0.25, 0.3) is 0 Å². The zero-order valence-electron chi connectivity index (χ0n) is 11.5. The monoisotopic (exact) mass is 266 g/mol. The molecular formula is C17H18N2O. The zero-order chi connectivity index (χ0) is 14.1. The highest BCUT2D eigenvalue weighted by Gasteiger charge is 2.46. The summed E-state index contributed by atoms with van der Waals surface area (Å²) >= 11 is 0. The molecule has 2 N–H and O–H groups in total. The van der Waals surface area contributed by atoms with Gasteiger partial charge in [-0.1, -0.05) is 49.4 Å². The van der Waals surface area contributed by atoms with Crippen LogP contribution in [-0.2, 0) is 11.2 Å². The number of rotatable bonds is 3. The van der Waals surface area contributed by atoms with E-state index in [4.69, 9.17) is 5.73 Å². The molecule has 0 radical (unpaired) electrons. The lowest BCUT2D eigenvalue weighted by Crippen LogP contribution is -2.63. The number of aryl methyl sites for hydroxylation is 1. The molecular weight excluding hydrogens is 248 g/mol. The molecule has 1 heterocycles. The van der Waals surface area contributed by atoms with Crippen LogP contribution < -0.4 is 10.6 Å². The van der Waals surface area contributed by atoms with Gasteiger partial charge in [0.1, 0.15) is 6.04 Å². The van der Waals surface area contributed by atoms with Crippen LogP contribution in [0.15, 0.2) is 54.6 Å². The number of hydrogen-bond acceptors (Lipinski definition) is 2. The van der Waals surface area contributed by atoms with Gasteiger partial charge in [-0.2, -0.15) is 0 Å². The number of β-lactam (4-membered cyclic amide) rings is 1. The average Bonchev–Trinajstić information content (AvgIpc) is 2.52. The summed E-state index contributed by atoms with van der Waals surface area (Å²) in [6, 6.07) is 17.6. The van der Waals surface area contributed by atoms with Gasteiger partial charge in [-0.25, -0.2) is 0 Å². The van der Waals surface area contributed by atoms with Gasteiger partial charge in [-0.15, -0.1) is 0 Å². The van der Waals surface area contributed by atoms with Crippen molar-refractivity contribution in [1.82, 2.24) is 0 Å². The first kappa shape index (κ1) is 12.9. The fraction of sp³-hybridized carbons (Fsp3) is 0.235. The molecule has 102 valence electrons. The average molecular weight is 266 g/mol. The maximum atomic E-state index is 12.1. The summed E-state index contributed by atoms with van der Waals surface area (Å²) in [4.78, 5) is 13.9. The van der Waals surface area contributed by atoms with E-state index in [9.17, 15) is 4.79 Å². The molecule has 1 amide bonds. The van der Waals surface area contributed by atoms with E-state index in [-0.39, 0.29) is 11.9 Å². The van der Waals surface area contributed by atoms with Gasteiger partial charge in [-0.3, -0.25) is 4.79 Å². The van der Waals surface area contributed by atoms with E-state index in [0.717, 1.165) is 17.7 Å². The molecule has 1 saturated heterocycles. The summed E-state index contributed by atoms with van der Waals surface area (Å²) in [6.07, 6.45) is 0.996. The molecule has 2 aromatic carbocycles. The molecule has 3 heteroatoms. The van der Waals surface area contributed by atoms with Gasteiger partial charge in [0.2, 0.25) is 5.91 Å². The van der Waals surface area contributed by atoms with Crippen LogP contribution in [0.25, 0.3) is 0 Å². The normalized spacial score (nSPS) is 21.7. The van der Waals surface area contributed by atoms with E-state index in [1.165, 1.54) is 5.56 Å². The third-order valence-electron chi connectivity index (χ3n) is 3.90. The first-order valence-electron chi connectivity index (χ1n) is 6.95. The van der Waals surface area contributed by atoms with E-state index < -0.39 is 6.04 Å². The van der Waals surface area contributed by atoms with Crippen molar-refractivity contribution in [1.29, 1.82) is 0 Å². The smallest absolute Gasteiger partial charge is 0.247 e. The highest BCUT2D eigenvalue weighted by atomic mass is 16.2. The lowest BCUT2D eigenvalue weighted by Gasteiger charge is -2.45. The zero-order valence-corrected chi connectivity index (χ0v) is 11.5. The third-order valence-corrected chi connectivity index (χ3v) is 3.90. The van der Waals surface area contributed by atoms with Crippen LogP contribution in [0.4, 0.5) is 5.69 Å². The van der Waals surface area contributed by atoms with Crippen molar-refractivity contribution in [2.75, 3.05) is 4.90 Å². The van der Waals surface area contributed by atoms with Crippen LogP contribution in [-0.4, -0.2) is 11.9 Å². The van der Waals surface area contributed by atoms with Crippen LogP contribution in [0, 0.1) is 0 Å². The Labute approximate surface area is 119 Å². The summed E-state index contributed by atoms with van der Waals surface area (Å²) in [5.74, 6) is -0.0110. The number of carbonyl (C=O) groups excluding carboxylic acids is 1. The number of nitrogens with zero attached hydrogens (tertiary/aromatic N) is 1. The highest BCUT2D eigenvalue weighted by Crippen LogP contribution is 2.37. The summed E-state index contributed by atoms with van der Waals surface area (Å²) in [5, 5.41) is 0. The quantitative estimate of drug-likeness (QED) is 0.868. The molecule has 0 unspecified atom stereocenters. The van der Waals surface area contributed by atoms with Crippen LogP contribution in [0.5, 0.6) is 0 Å². The fourth-order valence-corrected chi connectivity index (χ4v) is 2.70. The fourth-order valence-electron chi connectivity index (χ4n) is 2.70. The van der Waals surface area contributed by atoms with Crippen molar-refractivity contribution in [3.63, 3.8) is 0 Å². The van der Waals surface area contributed by atoms with Gasteiger partial charge in [0.15, 0.2) is 0 Å². The molecule has 0 aromatic heterocycles. The molecule has 1 aliphatic rings. The molecule has 1 fully saturated rings. The van der Waals surface area contributed by atoms with Gasteiger partial charge < -0.3 is 10.6 Å². The highest BCUT2D eigenvalue weighted by molar-refractivity contribution is 6.05. The third kappa shape index (κ3) is 2.00. The molecule has 0 spiro atoms. The summed E-state index contributed by atoms with van der Waals surface area (Å²) < 4.78 is 0. The molecule has 3 nitrogen and oxygen atoms in total. The Morgan fingerprint density at radius 3 is 2.30 bits per heavy atom. The van der Waals surface area contributed by atoms with Gasteiger partial charge in [0, 0.05) is 5.69 Å². The molecule has 0 saturated carbocycles. The summed E-state index contributed by atoms with van der Waals surface area (Å²) in [7, 11) is 0. The van der Waals surface area contributed by atoms with Crippen molar-refractivity contribution < 1.29 is 4.79 Å².